The average molecular weight is 246 g/mol. The highest BCUT2D eigenvalue weighted by atomic mass is 16.5. The van der Waals surface area contributed by atoms with Crippen LogP contribution in [0.15, 0.2) is 41.0 Å². The molecule has 1 aromatic carbocycles. The van der Waals surface area contributed by atoms with Gasteiger partial charge < -0.3 is 9.15 Å². The summed E-state index contributed by atoms with van der Waals surface area (Å²) in [5.41, 5.74) is 4.98. The number of hydrogen-bond donors (Lipinski definition) is 2. The summed E-state index contributed by atoms with van der Waals surface area (Å²) >= 11 is 0. The summed E-state index contributed by atoms with van der Waals surface area (Å²) in [4.78, 5) is 0. The molecular formula is C14H18N2O2. The van der Waals surface area contributed by atoms with Crippen LogP contribution in [0, 0.1) is 0 Å². The number of methoxy groups -OCH3 is 1. The standard InChI is InChI=1S/C14H18N2O2/c1-3-13-12(8-9-18-13)14(16-15)10-4-6-11(17-2)7-5-10/h4-9,14,16H,3,15H2,1-2H3. The molecule has 1 aromatic heterocycles. The summed E-state index contributed by atoms with van der Waals surface area (Å²) in [6.07, 6.45) is 2.54. The van der Waals surface area contributed by atoms with Gasteiger partial charge in [0.15, 0.2) is 0 Å². The van der Waals surface area contributed by atoms with E-state index in [1.54, 1.807) is 13.4 Å². The number of nitrogens with two attached hydrogens (primary N) is 1. The van der Waals surface area contributed by atoms with Crippen molar-refractivity contribution < 1.29 is 9.15 Å². The molecule has 0 spiro atoms. The Bertz CT molecular complexity index is 491. The van der Waals surface area contributed by atoms with E-state index in [2.05, 4.69) is 12.3 Å². The number of rotatable bonds is 5. The minimum atomic E-state index is -0.0652. The Balaban J connectivity index is 2.32. The first-order valence-corrected chi connectivity index (χ1v) is 5.96. The Hall–Kier alpha value is -1.78. The van der Waals surface area contributed by atoms with Crippen LogP contribution < -0.4 is 16.0 Å². The first-order valence-electron chi connectivity index (χ1n) is 5.96. The molecule has 4 nitrogen and oxygen atoms in total. The lowest BCUT2D eigenvalue weighted by Gasteiger charge is -2.16. The highest BCUT2D eigenvalue weighted by Gasteiger charge is 2.17. The molecule has 2 aromatic rings. The van der Waals surface area contributed by atoms with Crippen LogP contribution in [0.2, 0.25) is 0 Å². The van der Waals surface area contributed by atoms with Gasteiger partial charge in [-0.25, -0.2) is 5.43 Å². The van der Waals surface area contributed by atoms with Crippen LogP contribution in [0.5, 0.6) is 5.75 Å². The first kappa shape index (κ1) is 12.7. The second-order valence-corrected chi connectivity index (χ2v) is 4.03. The van der Waals surface area contributed by atoms with E-state index in [0.717, 1.165) is 29.1 Å². The fraction of sp³-hybridized carbons (Fsp3) is 0.286. The van der Waals surface area contributed by atoms with E-state index in [1.807, 2.05) is 30.3 Å². The lowest BCUT2D eigenvalue weighted by atomic mass is 9.99. The van der Waals surface area contributed by atoms with Crippen molar-refractivity contribution in [3.05, 3.63) is 53.5 Å². The van der Waals surface area contributed by atoms with Crippen LogP contribution in [0.25, 0.3) is 0 Å². The number of hydrazine groups is 1. The molecule has 1 heterocycles. The van der Waals surface area contributed by atoms with Gasteiger partial charge in [-0.05, 0) is 23.8 Å². The molecule has 18 heavy (non-hydrogen) atoms. The molecule has 0 amide bonds. The maximum absolute atomic E-state index is 5.67. The van der Waals surface area contributed by atoms with Gasteiger partial charge >= 0.3 is 0 Å². The summed E-state index contributed by atoms with van der Waals surface area (Å²) in [7, 11) is 1.65. The van der Waals surface area contributed by atoms with E-state index in [4.69, 9.17) is 15.0 Å². The molecular weight excluding hydrogens is 228 g/mol. The summed E-state index contributed by atoms with van der Waals surface area (Å²) < 4.78 is 10.6. The van der Waals surface area contributed by atoms with Gasteiger partial charge in [0.1, 0.15) is 11.5 Å². The van der Waals surface area contributed by atoms with Crippen LogP contribution in [-0.2, 0) is 6.42 Å². The van der Waals surface area contributed by atoms with Gasteiger partial charge in [0.05, 0.1) is 19.4 Å². The number of ether oxygens (including phenoxy) is 1. The van der Waals surface area contributed by atoms with Crippen molar-refractivity contribution in [3.8, 4) is 5.75 Å². The molecule has 0 saturated carbocycles. The molecule has 0 radical (unpaired) electrons. The zero-order chi connectivity index (χ0) is 13.0. The number of nitrogens with one attached hydrogen (secondary N) is 1. The molecule has 3 N–H and O–H groups in total. The zero-order valence-electron chi connectivity index (χ0n) is 10.6. The summed E-state index contributed by atoms with van der Waals surface area (Å²) in [6.45, 7) is 2.06. The maximum atomic E-state index is 5.67. The van der Waals surface area contributed by atoms with E-state index < -0.39 is 0 Å². The van der Waals surface area contributed by atoms with Crippen molar-refractivity contribution in [2.24, 2.45) is 5.84 Å². The Kier molecular flexibility index (Phi) is 4.02. The summed E-state index contributed by atoms with van der Waals surface area (Å²) in [6, 6.07) is 9.72. The fourth-order valence-corrected chi connectivity index (χ4v) is 2.06. The third-order valence-corrected chi connectivity index (χ3v) is 3.03. The van der Waals surface area contributed by atoms with Crippen LogP contribution in [0.1, 0.15) is 29.9 Å². The van der Waals surface area contributed by atoms with Crippen molar-refractivity contribution in [1.82, 2.24) is 5.43 Å². The highest BCUT2D eigenvalue weighted by molar-refractivity contribution is 5.36. The topological polar surface area (TPSA) is 60.4 Å². The van der Waals surface area contributed by atoms with E-state index in [-0.39, 0.29) is 6.04 Å². The highest BCUT2D eigenvalue weighted by Crippen LogP contribution is 2.27. The second-order valence-electron chi connectivity index (χ2n) is 4.03. The van der Waals surface area contributed by atoms with E-state index in [9.17, 15) is 0 Å². The summed E-state index contributed by atoms with van der Waals surface area (Å²) in [5.74, 6) is 7.45. The van der Waals surface area contributed by atoms with Crippen molar-refractivity contribution in [1.29, 1.82) is 0 Å². The molecule has 0 saturated heterocycles. The van der Waals surface area contributed by atoms with Crippen molar-refractivity contribution >= 4 is 0 Å². The van der Waals surface area contributed by atoms with E-state index >= 15 is 0 Å². The van der Waals surface area contributed by atoms with Gasteiger partial charge in [0.25, 0.3) is 0 Å². The molecule has 0 aliphatic rings. The predicted octanol–water partition coefficient (Wildman–Crippen LogP) is 2.40. The second kappa shape index (κ2) is 5.71. The van der Waals surface area contributed by atoms with Gasteiger partial charge in [-0.2, -0.15) is 0 Å². The Morgan fingerprint density at radius 1 is 1.28 bits per heavy atom. The van der Waals surface area contributed by atoms with Gasteiger partial charge in [-0.1, -0.05) is 19.1 Å². The number of aryl methyl sites for hydroxylation is 1. The Morgan fingerprint density at radius 3 is 2.56 bits per heavy atom. The minimum Gasteiger partial charge on any atom is -0.497 e. The predicted molar refractivity (Wildman–Crippen MR) is 70.2 cm³/mol. The van der Waals surface area contributed by atoms with Crippen LogP contribution in [0.4, 0.5) is 0 Å². The SMILES string of the molecule is CCc1occc1C(NN)c1ccc(OC)cc1. The lowest BCUT2D eigenvalue weighted by Crippen LogP contribution is -2.29. The Morgan fingerprint density at radius 2 is 2.00 bits per heavy atom. The van der Waals surface area contributed by atoms with Crippen LogP contribution in [0.3, 0.4) is 0 Å². The molecule has 0 fully saturated rings. The number of hydrogen-bond acceptors (Lipinski definition) is 4. The maximum Gasteiger partial charge on any atom is 0.118 e. The van der Waals surface area contributed by atoms with E-state index in [0.29, 0.717) is 0 Å². The zero-order valence-corrected chi connectivity index (χ0v) is 10.6. The average Bonchev–Trinajstić information content (AvgIpc) is 2.89. The molecule has 2 rings (SSSR count). The smallest absolute Gasteiger partial charge is 0.118 e. The molecule has 1 atom stereocenters. The van der Waals surface area contributed by atoms with E-state index in [1.165, 1.54) is 0 Å². The molecule has 0 aliphatic heterocycles. The Labute approximate surface area is 107 Å². The molecule has 0 aliphatic carbocycles. The molecule has 1 unspecified atom stereocenters. The van der Waals surface area contributed by atoms with Gasteiger partial charge in [-0.3, -0.25) is 5.84 Å². The molecule has 4 heteroatoms. The monoisotopic (exact) mass is 246 g/mol. The van der Waals surface area contributed by atoms with Crippen molar-refractivity contribution in [2.45, 2.75) is 19.4 Å². The summed E-state index contributed by atoms with van der Waals surface area (Å²) in [5, 5.41) is 0. The largest absolute Gasteiger partial charge is 0.497 e. The minimum absolute atomic E-state index is 0.0652. The van der Waals surface area contributed by atoms with Crippen LogP contribution >= 0.6 is 0 Å². The molecule has 96 valence electrons. The lowest BCUT2D eigenvalue weighted by molar-refractivity contribution is 0.414. The molecule has 0 bridgehead atoms. The fourth-order valence-electron chi connectivity index (χ4n) is 2.06. The van der Waals surface area contributed by atoms with Gasteiger partial charge in [0, 0.05) is 12.0 Å². The number of furan rings is 1. The quantitative estimate of drug-likeness (QED) is 0.628. The van der Waals surface area contributed by atoms with Crippen molar-refractivity contribution in [3.63, 3.8) is 0 Å². The van der Waals surface area contributed by atoms with Gasteiger partial charge in [-0.15, -0.1) is 0 Å². The van der Waals surface area contributed by atoms with Crippen molar-refractivity contribution in [2.75, 3.05) is 7.11 Å². The third-order valence-electron chi connectivity index (χ3n) is 3.03. The third kappa shape index (κ3) is 2.39. The number of benzene rings is 1. The van der Waals surface area contributed by atoms with Gasteiger partial charge in [0.2, 0.25) is 0 Å². The normalized spacial score (nSPS) is 12.4. The van der Waals surface area contributed by atoms with Crippen LogP contribution in [-0.4, -0.2) is 7.11 Å². The first-order chi connectivity index (χ1) is 8.80.